The maximum atomic E-state index is 13.7. The highest BCUT2D eigenvalue weighted by Gasteiger charge is 2.26. The summed E-state index contributed by atoms with van der Waals surface area (Å²) in [7, 11) is 1.91. The van der Waals surface area contributed by atoms with E-state index in [2.05, 4.69) is 34.6 Å². The molecule has 0 saturated carbocycles. The first-order valence-corrected chi connectivity index (χ1v) is 5.10. The number of aryl methyl sites for hydroxylation is 1. The zero-order valence-electron chi connectivity index (χ0n) is 9.98. The molecule has 0 atom stereocenters. The summed E-state index contributed by atoms with van der Waals surface area (Å²) in [5.41, 5.74) is 1.84. The summed E-state index contributed by atoms with van der Waals surface area (Å²) in [5, 5.41) is 0. The Labute approximate surface area is 85.9 Å². The Hall–Kier alpha value is -0.790. The highest BCUT2D eigenvalue weighted by atomic mass is 19.1. The molecule has 0 amide bonds. The Morgan fingerprint density at radius 3 is 2.07 bits per heavy atom. The lowest BCUT2D eigenvalue weighted by Crippen LogP contribution is -2.16. The first kappa shape index (κ1) is 11.3. The van der Waals surface area contributed by atoms with Crippen LogP contribution in [0.5, 0.6) is 0 Å². The van der Waals surface area contributed by atoms with Crippen molar-refractivity contribution in [3.63, 3.8) is 0 Å². The Balaban J connectivity index is 3.40. The van der Waals surface area contributed by atoms with Crippen LogP contribution in [0.1, 0.15) is 51.8 Å². The van der Waals surface area contributed by atoms with Crippen molar-refractivity contribution in [3.05, 3.63) is 23.3 Å². The molecule has 0 aliphatic carbocycles. The molecule has 1 aromatic rings. The van der Waals surface area contributed by atoms with Gasteiger partial charge in [0.25, 0.3) is 0 Å². The molecule has 0 N–H and O–H groups in total. The molecule has 1 nitrogen and oxygen atoms in total. The van der Waals surface area contributed by atoms with Crippen LogP contribution in [0.25, 0.3) is 0 Å². The molecule has 0 aliphatic rings. The molecule has 0 saturated heterocycles. The van der Waals surface area contributed by atoms with E-state index in [4.69, 9.17) is 0 Å². The van der Waals surface area contributed by atoms with Crippen molar-refractivity contribution in [2.45, 2.75) is 46.0 Å². The van der Waals surface area contributed by atoms with Gasteiger partial charge in [-0.2, -0.15) is 0 Å². The predicted molar refractivity (Wildman–Crippen MR) is 58.2 cm³/mol. The minimum Gasteiger partial charge on any atom is -0.351 e. The van der Waals surface area contributed by atoms with Crippen LogP contribution in [0.2, 0.25) is 0 Å². The normalized spacial score (nSPS) is 12.6. The van der Waals surface area contributed by atoms with E-state index in [0.717, 1.165) is 11.3 Å². The van der Waals surface area contributed by atoms with Crippen molar-refractivity contribution in [3.8, 4) is 0 Å². The van der Waals surface area contributed by atoms with Crippen LogP contribution in [0.3, 0.4) is 0 Å². The monoisotopic (exact) mass is 197 g/mol. The number of rotatable bonds is 1. The molecule has 2 heteroatoms. The van der Waals surface area contributed by atoms with Gasteiger partial charge in [0.15, 0.2) is 0 Å². The molecule has 0 aromatic carbocycles. The molecular formula is C12H20FN. The molecule has 0 fully saturated rings. The minimum atomic E-state index is -0.120. The van der Waals surface area contributed by atoms with Gasteiger partial charge in [0.2, 0.25) is 0 Å². The lowest BCUT2D eigenvalue weighted by atomic mass is 9.84. The van der Waals surface area contributed by atoms with E-state index in [9.17, 15) is 4.39 Å². The molecular weight excluding hydrogens is 177 g/mol. The number of aromatic nitrogens is 1. The fourth-order valence-corrected chi connectivity index (χ4v) is 2.04. The lowest BCUT2D eigenvalue weighted by molar-refractivity contribution is 0.519. The summed E-state index contributed by atoms with van der Waals surface area (Å²) >= 11 is 0. The summed E-state index contributed by atoms with van der Waals surface area (Å²) in [4.78, 5) is 0. The Morgan fingerprint density at radius 2 is 1.79 bits per heavy atom. The van der Waals surface area contributed by atoms with Crippen molar-refractivity contribution < 1.29 is 4.39 Å². The zero-order chi connectivity index (χ0) is 11.1. The van der Waals surface area contributed by atoms with Gasteiger partial charge in [-0.1, -0.05) is 34.6 Å². The Bertz CT molecular complexity index is 329. The van der Waals surface area contributed by atoms with E-state index in [1.165, 1.54) is 0 Å². The minimum absolute atomic E-state index is 0.0799. The SMILES string of the molecule is CC(C)c1c(C(C)(C)C)c(F)cn1C. The summed E-state index contributed by atoms with van der Waals surface area (Å²) in [6.07, 6.45) is 1.58. The highest BCUT2D eigenvalue weighted by Crippen LogP contribution is 2.33. The van der Waals surface area contributed by atoms with E-state index >= 15 is 0 Å². The van der Waals surface area contributed by atoms with Crippen LogP contribution in [0.15, 0.2) is 6.20 Å². The quantitative estimate of drug-likeness (QED) is 0.648. The molecule has 1 aromatic heterocycles. The van der Waals surface area contributed by atoms with Gasteiger partial charge >= 0.3 is 0 Å². The fraction of sp³-hybridized carbons (Fsp3) is 0.667. The molecule has 80 valence electrons. The number of hydrogen-bond acceptors (Lipinski definition) is 0. The van der Waals surface area contributed by atoms with Gasteiger partial charge in [-0.15, -0.1) is 0 Å². The second-order valence-electron chi connectivity index (χ2n) is 5.25. The van der Waals surface area contributed by atoms with E-state index < -0.39 is 0 Å². The van der Waals surface area contributed by atoms with Crippen molar-refractivity contribution >= 4 is 0 Å². The Kier molecular flexibility index (Phi) is 2.75. The average molecular weight is 197 g/mol. The second kappa shape index (κ2) is 3.41. The molecule has 0 unspecified atom stereocenters. The van der Waals surface area contributed by atoms with Gasteiger partial charge in [0.05, 0.1) is 0 Å². The largest absolute Gasteiger partial charge is 0.351 e. The smallest absolute Gasteiger partial charge is 0.144 e. The third kappa shape index (κ3) is 1.84. The van der Waals surface area contributed by atoms with Crippen molar-refractivity contribution in [1.29, 1.82) is 0 Å². The molecule has 1 heterocycles. The first-order chi connectivity index (χ1) is 6.25. The second-order valence-corrected chi connectivity index (χ2v) is 5.25. The van der Waals surface area contributed by atoms with Crippen LogP contribution in [-0.4, -0.2) is 4.57 Å². The van der Waals surface area contributed by atoms with E-state index in [1.54, 1.807) is 6.20 Å². The molecule has 0 bridgehead atoms. The van der Waals surface area contributed by atoms with Gasteiger partial charge in [-0.25, -0.2) is 4.39 Å². The number of halogens is 1. The topological polar surface area (TPSA) is 4.93 Å². The zero-order valence-corrected chi connectivity index (χ0v) is 9.98. The summed E-state index contributed by atoms with van der Waals surface area (Å²) in [6, 6.07) is 0. The number of hydrogen-bond donors (Lipinski definition) is 0. The van der Waals surface area contributed by atoms with E-state index in [1.807, 2.05) is 11.6 Å². The van der Waals surface area contributed by atoms with Crippen molar-refractivity contribution in [1.82, 2.24) is 4.57 Å². The van der Waals surface area contributed by atoms with Crippen LogP contribution in [-0.2, 0) is 12.5 Å². The standard InChI is InChI=1S/C12H20FN/c1-8(2)11-10(12(3,4)5)9(13)7-14(11)6/h7-8H,1-6H3. The van der Waals surface area contributed by atoms with Gasteiger partial charge in [0.1, 0.15) is 5.82 Å². The van der Waals surface area contributed by atoms with Crippen LogP contribution in [0.4, 0.5) is 4.39 Å². The lowest BCUT2D eigenvalue weighted by Gasteiger charge is -2.22. The van der Waals surface area contributed by atoms with Crippen LogP contribution in [0, 0.1) is 5.82 Å². The van der Waals surface area contributed by atoms with Gasteiger partial charge in [-0.3, -0.25) is 0 Å². The maximum absolute atomic E-state index is 13.7. The Morgan fingerprint density at radius 1 is 1.29 bits per heavy atom. The molecule has 14 heavy (non-hydrogen) atoms. The molecule has 0 spiro atoms. The van der Waals surface area contributed by atoms with E-state index in [0.29, 0.717) is 5.92 Å². The summed E-state index contributed by atoms with van der Waals surface area (Å²) < 4.78 is 15.6. The summed E-state index contributed by atoms with van der Waals surface area (Å²) in [5.74, 6) is 0.280. The molecule has 1 rings (SSSR count). The van der Waals surface area contributed by atoms with Crippen molar-refractivity contribution in [2.24, 2.45) is 7.05 Å². The van der Waals surface area contributed by atoms with Crippen LogP contribution < -0.4 is 0 Å². The molecule has 0 aliphatic heterocycles. The summed E-state index contributed by atoms with van der Waals surface area (Å²) in [6.45, 7) is 10.4. The van der Waals surface area contributed by atoms with Gasteiger partial charge in [0, 0.05) is 24.5 Å². The predicted octanol–water partition coefficient (Wildman–Crippen LogP) is 3.59. The highest BCUT2D eigenvalue weighted by molar-refractivity contribution is 5.33. The third-order valence-electron chi connectivity index (χ3n) is 2.48. The van der Waals surface area contributed by atoms with Crippen molar-refractivity contribution in [2.75, 3.05) is 0 Å². The third-order valence-corrected chi connectivity index (χ3v) is 2.48. The number of nitrogens with zero attached hydrogens (tertiary/aromatic N) is 1. The maximum Gasteiger partial charge on any atom is 0.144 e. The van der Waals surface area contributed by atoms with E-state index in [-0.39, 0.29) is 11.2 Å². The fourth-order valence-electron chi connectivity index (χ4n) is 2.04. The van der Waals surface area contributed by atoms with Gasteiger partial charge in [-0.05, 0) is 11.3 Å². The molecule has 0 radical (unpaired) electrons. The van der Waals surface area contributed by atoms with Crippen LogP contribution >= 0.6 is 0 Å². The average Bonchev–Trinajstić information content (AvgIpc) is 2.23. The first-order valence-electron chi connectivity index (χ1n) is 5.10. The van der Waals surface area contributed by atoms with Gasteiger partial charge < -0.3 is 4.57 Å².